The van der Waals surface area contributed by atoms with Crippen LogP contribution in [0, 0.1) is 25.2 Å². The van der Waals surface area contributed by atoms with Crippen molar-refractivity contribution in [3.05, 3.63) is 83.0 Å². The molecule has 2 atom stereocenters. The Morgan fingerprint density at radius 2 is 2.00 bits per heavy atom. The number of aryl methyl sites for hydroxylation is 2. The number of aromatic nitrogens is 3. The van der Waals surface area contributed by atoms with Gasteiger partial charge >= 0.3 is 5.91 Å². The summed E-state index contributed by atoms with van der Waals surface area (Å²) in [5.41, 5.74) is 4.47. The van der Waals surface area contributed by atoms with E-state index in [1.165, 1.54) is 36.9 Å². The monoisotopic (exact) mass is 626 g/mol. The van der Waals surface area contributed by atoms with Gasteiger partial charge in [-0.1, -0.05) is 12.6 Å². The van der Waals surface area contributed by atoms with Crippen LogP contribution in [0.1, 0.15) is 70.2 Å². The highest BCUT2D eigenvalue weighted by Crippen LogP contribution is 2.40. The zero-order valence-corrected chi connectivity index (χ0v) is 26.7. The van der Waals surface area contributed by atoms with E-state index in [1.807, 2.05) is 25.3 Å². The third kappa shape index (κ3) is 7.38. The lowest BCUT2D eigenvalue weighted by atomic mass is 10.1. The Morgan fingerprint density at radius 1 is 1.22 bits per heavy atom. The van der Waals surface area contributed by atoms with Crippen molar-refractivity contribution >= 4 is 34.1 Å². The summed E-state index contributed by atoms with van der Waals surface area (Å²) < 4.78 is 21.3. The highest BCUT2D eigenvalue weighted by molar-refractivity contribution is 7.84. The average molecular weight is 627 g/mol. The van der Waals surface area contributed by atoms with E-state index in [2.05, 4.69) is 32.8 Å². The molecule has 4 heterocycles. The number of anilines is 1. The van der Waals surface area contributed by atoms with Crippen LogP contribution in [0.4, 0.5) is 5.82 Å². The summed E-state index contributed by atoms with van der Waals surface area (Å²) in [5, 5.41) is 12.0. The van der Waals surface area contributed by atoms with Crippen LogP contribution in [0.5, 0.6) is 5.75 Å². The molecule has 0 saturated heterocycles. The van der Waals surface area contributed by atoms with Crippen molar-refractivity contribution in [2.45, 2.75) is 50.7 Å². The normalized spacial score (nSPS) is 16.4. The summed E-state index contributed by atoms with van der Waals surface area (Å²) in [4.78, 5) is 41.2. The van der Waals surface area contributed by atoms with Gasteiger partial charge in [-0.2, -0.15) is 9.84 Å². The number of carbonyl (C=O) groups is 2. The fourth-order valence-corrected chi connectivity index (χ4v) is 5.96. The molecule has 0 aromatic carbocycles. The molecule has 0 spiro atoms. The molecular formula is C33H36N7O4S+. The number of ether oxygens (including phenoxy) is 1. The molecular weight excluding hydrogens is 590 g/mol. The Kier molecular flexibility index (Phi) is 9.60. The molecule has 2 aliphatic rings. The van der Waals surface area contributed by atoms with Crippen molar-refractivity contribution in [1.29, 1.82) is 5.26 Å². The van der Waals surface area contributed by atoms with E-state index in [4.69, 9.17) is 15.0 Å². The van der Waals surface area contributed by atoms with E-state index in [0.29, 0.717) is 60.4 Å². The van der Waals surface area contributed by atoms with Gasteiger partial charge in [-0.15, -0.1) is 0 Å². The maximum atomic E-state index is 13.3. The number of nitrogens with zero attached hydrogens (tertiary/aromatic N) is 6. The lowest BCUT2D eigenvalue weighted by Crippen LogP contribution is -2.47. The Labute approximate surface area is 265 Å². The minimum absolute atomic E-state index is 0.0924. The van der Waals surface area contributed by atoms with Crippen LogP contribution in [0.25, 0.3) is 0 Å². The van der Waals surface area contributed by atoms with Crippen LogP contribution in [-0.4, -0.2) is 78.6 Å². The number of carbonyl (C=O) groups excluding carboxylic acids is 2. The molecule has 3 aromatic heterocycles. The van der Waals surface area contributed by atoms with Gasteiger partial charge in [0.1, 0.15) is 17.6 Å². The first-order chi connectivity index (χ1) is 21.6. The number of hydrogen-bond donors (Lipinski definition) is 1. The highest BCUT2D eigenvalue weighted by atomic mass is 32.2. The molecule has 1 fully saturated rings. The van der Waals surface area contributed by atoms with Gasteiger partial charge in [-0.3, -0.25) is 18.9 Å². The summed E-state index contributed by atoms with van der Waals surface area (Å²) >= 11 is 0. The van der Waals surface area contributed by atoms with Crippen molar-refractivity contribution < 1.29 is 23.1 Å². The van der Waals surface area contributed by atoms with Gasteiger partial charge in [0.25, 0.3) is 5.91 Å². The SMILES string of the molecule is C=CC(=O)[N+]1=C(C)CN(C[C@@H](Oc2cc(C)c(C(=O)Nc3ncc(C#N)cc3C)nc2S(C)=O)c2ccc(C3CC3)cn2)CC1. The Hall–Kier alpha value is -4.60. The van der Waals surface area contributed by atoms with E-state index in [0.717, 1.165) is 11.4 Å². The van der Waals surface area contributed by atoms with Crippen LogP contribution >= 0.6 is 0 Å². The lowest BCUT2D eigenvalue weighted by molar-refractivity contribution is -0.451. The Bertz CT molecular complexity index is 1760. The Morgan fingerprint density at radius 3 is 2.60 bits per heavy atom. The van der Waals surface area contributed by atoms with Crippen LogP contribution in [-0.2, 0) is 15.6 Å². The van der Waals surface area contributed by atoms with E-state index in [9.17, 15) is 13.8 Å². The van der Waals surface area contributed by atoms with E-state index in [1.54, 1.807) is 30.6 Å². The minimum atomic E-state index is -1.59. The van der Waals surface area contributed by atoms with Crippen molar-refractivity contribution in [3.8, 4) is 11.8 Å². The maximum Gasteiger partial charge on any atom is 0.411 e. The van der Waals surface area contributed by atoms with Gasteiger partial charge in [-0.05, 0) is 67.5 Å². The quantitative estimate of drug-likeness (QED) is 0.262. The number of rotatable bonds is 10. The van der Waals surface area contributed by atoms with Gasteiger partial charge in [-0.25, -0.2) is 14.8 Å². The third-order valence-corrected chi connectivity index (χ3v) is 8.78. The van der Waals surface area contributed by atoms with Gasteiger partial charge in [0, 0.05) is 38.2 Å². The van der Waals surface area contributed by atoms with Gasteiger partial charge < -0.3 is 10.1 Å². The number of nitriles is 1. The maximum absolute atomic E-state index is 13.3. The molecule has 12 heteroatoms. The smallest absolute Gasteiger partial charge is 0.411 e. The fourth-order valence-electron chi connectivity index (χ4n) is 5.35. The number of hydrogen-bond acceptors (Lipinski definition) is 9. The van der Waals surface area contributed by atoms with Crippen molar-refractivity contribution in [2.75, 3.05) is 37.8 Å². The topological polar surface area (TPSA) is 141 Å². The number of amides is 2. The molecule has 1 N–H and O–H groups in total. The fraction of sp³-hybridized carbons (Fsp3) is 0.364. The molecule has 1 aliphatic carbocycles. The molecule has 232 valence electrons. The van der Waals surface area contributed by atoms with E-state index in [-0.39, 0.29) is 16.6 Å². The summed E-state index contributed by atoms with van der Waals surface area (Å²) in [6.07, 6.45) is 7.89. The first kappa shape index (κ1) is 31.8. The van der Waals surface area contributed by atoms with Gasteiger partial charge in [0.15, 0.2) is 29.1 Å². The minimum Gasteiger partial charge on any atom is -0.480 e. The molecule has 45 heavy (non-hydrogen) atoms. The predicted octanol–water partition coefficient (Wildman–Crippen LogP) is 3.85. The summed E-state index contributed by atoms with van der Waals surface area (Å²) in [6.45, 7) is 11.2. The standard InChI is InChI=1S/C33H35N7O4S/c1-6-29(41)40-12-11-39(18-22(40)4)19-28(26-10-9-25(17-35-26)24-7-8-24)44-27-14-20(2)30(37-33(27)45(5)43)32(42)38-31-21(3)13-23(15-34)16-36-31/h6,9-10,13-14,16-17,24,28H,1,7-8,11-12,18-19H2,2-5H3/p+1/t28-,45?/m1/s1. The van der Waals surface area contributed by atoms with Crippen molar-refractivity contribution in [1.82, 2.24) is 19.9 Å². The van der Waals surface area contributed by atoms with Crippen LogP contribution in [0.3, 0.4) is 0 Å². The zero-order chi connectivity index (χ0) is 32.2. The second-order valence-corrected chi connectivity index (χ2v) is 12.7. The molecule has 3 aromatic rings. The average Bonchev–Trinajstić information content (AvgIpc) is 3.87. The van der Waals surface area contributed by atoms with Crippen molar-refractivity contribution in [3.63, 3.8) is 0 Å². The summed E-state index contributed by atoms with van der Waals surface area (Å²) in [5.74, 6) is 0.530. The summed E-state index contributed by atoms with van der Waals surface area (Å²) in [7, 11) is -1.59. The molecule has 5 rings (SSSR count). The highest BCUT2D eigenvalue weighted by Gasteiger charge is 2.31. The van der Waals surface area contributed by atoms with Crippen LogP contribution in [0.2, 0.25) is 0 Å². The molecule has 11 nitrogen and oxygen atoms in total. The van der Waals surface area contributed by atoms with Gasteiger partial charge in [0.2, 0.25) is 0 Å². The molecule has 0 radical (unpaired) electrons. The largest absolute Gasteiger partial charge is 0.480 e. The third-order valence-electron chi connectivity index (χ3n) is 7.95. The predicted molar refractivity (Wildman–Crippen MR) is 170 cm³/mol. The number of pyridine rings is 3. The van der Waals surface area contributed by atoms with Gasteiger partial charge in [0.05, 0.1) is 35.1 Å². The van der Waals surface area contributed by atoms with E-state index >= 15 is 0 Å². The molecule has 1 unspecified atom stereocenters. The second-order valence-electron chi connectivity index (χ2n) is 11.4. The zero-order valence-electron chi connectivity index (χ0n) is 25.9. The molecule has 0 bridgehead atoms. The molecule has 1 saturated carbocycles. The van der Waals surface area contributed by atoms with Crippen LogP contribution in [0.15, 0.2) is 54.3 Å². The second kappa shape index (κ2) is 13.6. The van der Waals surface area contributed by atoms with Crippen LogP contribution < -0.4 is 10.1 Å². The van der Waals surface area contributed by atoms with Crippen molar-refractivity contribution in [2.24, 2.45) is 0 Å². The molecule has 1 aliphatic heterocycles. The number of nitrogens with one attached hydrogen (secondary N) is 1. The first-order valence-electron chi connectivity index (χ1n) is 14.7. The lowest BCUT2D eigenvalue weighted by Gasteiger charge is -2.29. The molecule has 2 amide bonds. The Balaban J connectivity index is 1.43. The first-order valence-corrected chi connectivity index (χ1v) is 16.3. The summed E-state index contributed by atoms with van der Waals surface area (Å²) in [6, 6.07) is 9.40. The van der Waals surface area contributed by atoms with E-state index < -0.39 is 22.8 Å².